The van der Waals surface area contributed by atoms with Gasteiger partial charge in [0.1, 0.15) is 5.82 Å². The van der Waals surface area contributed by atoms with Crippen LogP contribution in [-0.2, 0) is 6.42 Å². The smallest absolute Gasteiger partial charge is 0.231 e. The maximum atomic E-state index is 6.37. The third-order valence-electron chi connectivity index (χ3n) is 5.18. The highest BCUT2D eigenvalue weighted by atomic mass is 35.5. The van der Waals surface area contributed by atoms with Crippen LogP contribution in [0.5, 0.6) is 11.5 Å². The highest BCUT2D eigenvalue weighted by Crippen LogP contribution is 2.39. The van der Waals surface area contributed by atoms with E-state index in [0.29, 0.717) is 0 Å². The van der Waals surface area contributed by atoms with Gasteiger partial charge in [0.05, 0.1) is 11.4 Å². The summed E-state index contributed by atoms with van der Waals surface area (Å²) in [6.07, 6.45) is 3.27. The fraction of sp³-hybridized carbons (Fsp3) is 0.286. The van der Waals surface area contributed by atoms with Crippen LogP contribution in [0, 0.1) is 6.92 Å². The predicted molar refractivity (Wildman–Crippen MR) is 106 cm³/mol. The quantitative estimate of drug-likeness (QED) is 0.680. The second kappa shape index (κ2) is 6.50. The number of aryl methyl sites for hydroxylation is 1. The molecule has 0 radical (unpaired) electrons. The maximum Gasteiger partial charge on any atom is 0.231 e. The molecule has 0 fully saturated rings. The first-order chi connectivity index (χ1) is 13.2. The van der Waals surface area contributed by atoms with Crippen molar-refractivity contribution in [3.05, 3.63) is 52.5 Å². The zero-order chi connectivity index (χ0) is 18.4. The molecule has 2 aromatic carbocycles. The summed E-state index contributed by atoms with van der Waals surface area (Å²) >= 11 is 6.37. The normalized spacial score (nSPS) is 15.2. The van der Waals surface area contributed by atoms with E-state index >= 15 is 0 Å². The van der Waals surface area contributed by atoms with Gasteiger partial charge >= 0.3 is 0 Å². The molecule has 138 valence electrons. The van der Waals surface area contributed by atoms with Gasteiger partial charge in [-0.25, -0.2) is 4.68 Å². The van der Waals surface area contributed by atoms with E-state index in [0.717, 1.165) is 70.7 Å². The molecular formula is C21H20ClN3O2. The van der Waals surface area contributed by atoms with Crippen molar-refractivity contribution in [3.8, 4) is 28.4 Å². The molecule has 0 amide bonds. The summed E-state index contributed by atoms with van der Waals surface area (Å²) < 4.78 is 13.0. The molecular weight excluding hydrogens is 362 g/mol. The molecule has 3 heterocycles. The molecule has 0 bridgehead atoms. The number of halogens is 1. The summed E-state index contributed by atoms with van der Waals surface area (Å²) in [5.74, 6) is 2.61. The van der Waals surface area contributed by atoms with Gasteiger partial charge in [0.25, 0.3) is 0 Å². The fourth-order valence-electron chi connectivity index (χ4n) is 3.68. The minimum absolute atomic E-state index is 0.273. The van der Waals surface area contributed by atoms with Crippen molar-refractivity contribution in [1.82, 2.24) is 9.78 Å². The first-order valence-electron chi connectivity index (χ1n) is 9.23. The molecule has 0 spiro atoms. The summed E-state index contributed by atoms with van der Waals surface area (Å²) in [5, 5.41) is 9.28. The van der Waals surface area contributed by atoms with Crippen molar-refractivity contribution in [2.45, 2.75) is 26.2 Å². The van der Waals surface area contributed by atoms with E-state index in [-0.39, 0.29) is 6.79 Å². The number of aromatic nitrogens is 2. The van der Waals surface area contributed by atoms with Crippen LogP contribution in [0.25, 0.3) is 16.9 Å². The van der Waals surface area contributed by atoms with Crippen molar-refractivity contribution < 1.29 is 9.47 Å². The number of nitrogens with zero attached hydrogens (tertiary/aromatic N) is 2. The number of anilines is 1. The lowest BCUT2D eigenvalue weighted by Gasteiger charge is -2.10. The van der Waals surface area contributed by atoms with Gasteiger partial charge in [-0.2, -0.15) is 5.10 Å². The highest BCUT2D eigenvalue weighted by molar-refractivity contribution is 6.31. The minimum Gasteiger partial charge on any atom is -0.454 e. The lowest BCUT2D eigenvalue weighted by molar-refractivity contribution is 0.174. The zero-order valence-corrected chi connectivity index (χ0v) is 15.8. The van der Waals surface area contributed by atoms with E-state index in [4.69, 9.17) is 26.2 Å². The largest absolute Gasteiger partial charge is 0.454 e. The molecule has 27 heavy (non-hydrogen) atoms. The molecule has 3 aromatic rings. The third kappa shape index (κ3) is 2.82. The molecule has 0 atom stereocenters. The second-order valence-corrected chi connectivity index (χ2v) is 7.38. The standard InChI is InChI=1S/C21H20ClN3O2/c1-13-5-7-15(11-17(13)22)25-21-16(4-2-3-9-23-21)20(24-25)14-6-8-18-19(10-14)27-12-26-18/h5-8,10-11,23H,2-4,9,12H2,1H3. The number of nitrogens with one attached hydrogen (secondary N) is 1. The van der Waals surface area contributed by atoms with E-state index in [1.807, 2.05) is 41.9 Å². The molecule has 0 saturated heterocycles. The van der Waals surface area contributed by atoms with Crippen LogP contribution in [0.3, 0.4) is 0 Å². The highest BCUT2D eigenvalue weighted by Gasteiger charge is 2.23. The molecule has 2 aliphatic heterocycles. The summed E-state index contributed by atoms with van der Waals surface area (Å²) in [7, 11) is 0. The Kier molecular flexibility index (Phi) is 3.97. The Morgan fingerprint density at radius 3 is 2.85 bits per heavy atom. The lowest BCUT2D eigenvalue weighted by Crippen LogP contribution is -2.07. The van der Waals surface area contributed by atoms with E-state index < -0.39 is 0 Å². The van der Waals surface area contributed by atoms with E-state index in [1.54, 1.807) is 0 Å². The van der Waals surface area contributed by atoms with Gasteiger partial charge in [0, 0.05) is 22.7 Å². The Hall–Kier alpha value is -2.66. The van der Waals surface area contributed by atoms with Gasteiger partial charge < -0.3 is 14.8 Å². The van der Waals surface area contributed by atoms with Crippen LogP contribution < -0.4 is 14.8 Å². The van der Waals surface area contributed by atoms with Gasteiger partial charge in [-0.1, -0.05) is 17.7 Å². The zero-order valence-electron chi connectivity index (χ0n) is 15.1. The van der Waals surface area contributed by atoms with Crippen LogP contribution >= 0.6 is 11.6 Å². The van der Waals surface area contributed by atoms with Gasteiger partial charge in [-0.3, -0.25) is 0 Å². The lowest BCUT2D eigenvalue weighted by atomic mass is 10.0. The summed E-state index contributed by atoms with van der Waals surface area (Å²) in [5.41, 5.74) is 5.28. The van der Waals surface area contributed by atoms with Crippen LogP contribution in [0.15, 0.2) is 36.4 Å². The number of rotatable bonds is 2. The van der Waals surface area contributed by atoms with Crippen molar-refractivity contribution in [2.75, 3.05) is 18.7 Å². The Morgan fingerprint density at radius 1 is 1.07 bits per heavy atom. The molecule has 1 N–H and O–H groups in total. The summed E-state index contributed by atoms with van der Waals surface area (Å²) in [6, 6.07) is 12.1. The Morgan fingerprint density at radius 2 is 1.96 bits per heavy atom. The summed E-state index contributed by atoms with van der Waals surface area (Å²) in [6.45, 7) is 3.22. The number of fused-ring (bicyclic) bond motifs is 2. The van der Waals surface area contributed by atoms with Crippen molar-refractivity contribution in [1.29, 1.82) is 0 Å². The average molecular weight is 382 g/mol. The Bertz CT molecular complexity index is 1030. The fourth-order valence-corrected chi connectivity index (χ4v) is 3.85. The van der Waals surface area contributed by atoms with Gasteiger partial charge in [0.2, 0.25) is 6.79 Å². The molecule has 5 rings (SSSR count). The predicted octanol–water partition coefficient (Wildman–Crippen LogP) is 4.98. The van der Waals surface area contributed by atoms with E-state index in [1.165, 1.54) is 5.56 Å². The topological polar surface area (TPSA) is 48.3 Å². The number of benzene rings is 2. The molecule has 2 aliphatic rings. The summed E-state index contributed by atoms with van der Waals surface area (Å²) in [4.78, 5) is 0. The third-order valence-corrected chi connectivity index (χ3v) is 5.58. The van der Waals surface area contributed by atoms with E-state index in [9.17, 15) is 0 Å². The van der Waals surface area contributed by atoms with Crippen LogP contribution in [0.1, 0.15) is 24.0 Å². The van der Waals surface area contributed by atoms with Gasteiger partial charge in [-0.15, -0.1) is 0 Å². The van der Waals surface area contributed by atoms with E-state index in [2.05, 4.69) is 11.4 Å². The Balaban J connectivity index is 1.68. The van der Waals surface area contributed by atoms with Crippen LogP contribution in [-0.4, -0.2) is 23.1 Å². The van der Waals surface area contributed by atoms with Crippen LogP contribution in [0.2, 0.25) is 5.02 Å². The monoisotopic (exact) mass is 381 g/mol. The van der Waals surface area contributed by atoms with Gasteiger partial charge in [0.15, 0.2) is 11.5 Å². The number of ether oxygens (including phenoxy) is 2. The van der Waals surface area contributed by atoms with Crippen molar-refractivity contribution in [3.63, 3.8) is 0 Å². The molecule has 0 saturated carbocycles. The minimum atomic E-state index is 0.273. The molecule has 6 heteroatoms. The molecule has 1 aromatic heterocycles. The molecule has 5 nitrogen and oxygen atoms in total. The molecule has 0 unspecified atom stereocenters. The SMILES string of the molecule is Cc1ccc(-n2nc(-c3ccc4c(c3)OCO4)c3c2NCCCC3)cc1Cl. The molecule has 0 aliphatic carbocycles. The second-order valence-electron chi connectivity index (χ2n) is 6.97. The number of hydrogen-bond acceptors (Lipinski definition) is 4. The van der Waals surface area contributed by atoms with Gasteiger partial charge in [-0.05, 0) is 62.1 Å². The number of hydrogen-bond donors (Lipinski definition) is 1. The van der Waals surface area contributed by atoms with Crippen molar-refractivity contribution >= 4 is 17.4 Å². The Labute approximate surface area is 162 Å². The van der Waals surface area contributed by atoms with Crippen LogP contribution in [0.4, 0.5) is 5.82 Å². The van der Waals surface area contributed by atoms with Crippen molar-refractivity contribution in [2.24, 2.45) is 0 Å². The maximum absolute atomic E-state index is 6.37. The average Bonchev–Trinajstić information content (AvgIpc) is 3.21. The first kappa shape index (κ1) is 16.5. The first-order valence-corrected chi connectivity index (χ1v) is 9.61.